The summed E-state index contributed by atoms with van der Waals surface area (Å²) in [6, 6.07) is 9.64. The monoisotopic (exact) mass is 410 g/mol. The van der Waals surface area contributed by atoms with Crippen molar-refractivity contribution in [3.8, 4) is 5.69 Å². The van der Waals surface area contributed by atoms with Crippen LogP contribution in [-0.2, 0) is 16.1 Å². The van der Waals surface area contributed by atoms with Crippen LogP contribution in [0.15, 0.2) is 35.1 Å². The van der Waals surface area contributed by atoms with E-state index in [-0.39, 0.29) is 18.0 Å². The van der Waals surface area contributed by atoms with Gasteiger partial charge in [-0.1, -0.05) is 18.2 Å². The second kappa shape index (κ2) is 8.76. The second-order valence-corrected chi connectivity index (χ2v) is 7.41. The fourth-order valence-electron chi connectivity index (χ4n) is 3.71. The predicted molar refractivity (Wildman–Crippen MR) is 113 cm³/mol. The van der Waals surface area contributed by atoms with Gasteiger partial charge in [0.1, 0.15) is 12.1 Å². The Hall–Kier alpha value is -3.04. The summed E-state index contributed by atoms with van der Waals surface area (Å²) in [7, 11) is 0. The van der Waals surface area contributed by atoms with Crippen LogP contribution < -0.4 is 10.9 Å². The Morgan fingerprint density at radius 3 is 2.60 bits per heavy atom. The minimum absolute atomic E-state index is 0.116. The number of carbonyl (C=O) groups excluding carboxylic acids is 1. The molecule has 3 heterocycles. The number of fused-ring (bicyclic) bond motifs is 1. The maximum atomic E-state index is 13.0. The maximum absolute atomic E-state index is 13.0. The highest BCUT2D eigenvalue weighted by Crippen LogP contribution is 2.19. The van der Waals surface area contributed by atoms with Gasteiger partial charge in [0, 0.05) is 26.2 Å². The van der Waals surface area contributed by atoms with Gasteiger partial charge in [0.05, 0.1) is 35.7 Å². The number of para-hydroxylation sites is 1. The van der Waals surface area contributed by atoms with Crippen LogP contribution in [0.4, 0.5) is 0 Å². The number of morpholine rings is 1. The summed E-state index contributed by atoms with van der Waals surface area (Å²) in [4.78, 5) is 27.7. The van der Waals surface area contributed by atoms with Gasteiger partial charge in [-0.3, -0.25) is 14.5 Å². The van der Waals surface area contributed by atoms with Crippen molar-refractivity contribution in [1.29, 1.82) is 0 Å². The molecule has 1 amide bonds. The molecule has 1 aliphatic rings. The average Bonchev–Trinajstić information content (AvgIpc) is 3.11. The summed E-state index contributed by atoms with van der Waals surface area (Å²) in [6.45, 7) is 8.03. The number of aryl methyl sites for hydroxylation is 2. The Kier molecular flexibility index (Phi) is 5.91. The molecule has 30 heavy (non-hydrogen) atoms. The molecule has 9 nitrogen and oxygen atoms in total. The van der Waals surface area contributed by atoms with Crippen molar-refractivity contribution in [1.82, 2.24) is 29.8 Å². The van der Waals surface area contributed by atoms with Crippen LogP contribution in [0.1, 0.15) is 11.4 Å². The van der Waals surface area contributed by atoms with Crippen LogP contribution in [0.2, 0.25) is 0 Å². The highest BCUT2D eigenvalue weighted by Gasteiger charge is 2.18. The average molecular weight is 410 g/mol. The van der Waals surface area contributed by atoms with E-state index in [1.165, 1.54) is 4.68 Å². The van der Waals surface area contributed by atoms with Crippen molar-refractivity contribution in [2.45, 2.75) is 20.4 Å². The first-order valence-corrected chi connectivity index (χ1v) is 10.1. The normalized spacial score (nSPS) is 14.9. The molecule has 4 rings (SSSR count). The van der Waals surface area contributed by atoms with Crippen molar-refractivity contribution in [3.63, 3.8) is 0 Å². The van der Waals surface area contributed by atoms with E-state index in [1.54, 1.807) is 11.6 Å². The smallest absolute Gasteiger partial charge is 0.278 e. The van der Waals surface area contributed by atoms with E-state index in [2.05, 4.69) is 20.4 Å². The Morgan fingerprint density at radius 1 is 1.13 bits per heavy atom. The molecule has 3 aromatic rings. The molecule has 0 atom stereocenters. The lowest BCUT2D eigenvalue weighted by atomic mass is 10.2. The molecule has 0 saturated carbocycles. The maximum Gasteiger partial charge on any atom is 0.278 e. The number of rotatable bonds is 6. The molecule has 0 radical (unpaired) electrons. The molecule has 0 bridgehead atoms. The van der Waals surface area contributed by atoms with Gasteiger partial charge in [0.2, 0.25) is 5.91 Å². The van der Waals surface area contributed by atoms with E-state index >= 15 is 0 Å². The van der Waals surface area contributed by atoms with E-state index in [1.807, 2.05) is 37.3 Å². The van der Waals surface area contributed by atoms with Gasteiger partial charge in [-0.15, -0.1) is 0 Å². The lowest BCUT2D eigenvalue weighted by molar-refractivity contribution is -0.122. The third-order valence-corrected chi connectivity index (χ3v) is 5.33. The Labute approximate surface area is 174 Å². The zero-order chi connectivity index (χ0) is 21.1. The van der Waals surface area contributed by atoms with E-state index in [4.69, 9.17) is 4.74 Å². The number of nitrogens with zero attached hydrogens (tertiary/aromatic N) is 5. The molecular formula is C21H26N6O3. The molecule has 158 valence electrons. The molecule has 1 aliphatic heterocycles. The number of amides is 1. The van der Waals surface area contributed by atoms with Gasteiger partial charge in [0.15, 0.2) is 0 Å². The number of carbonyl (C=O) groups is 1. The minimum atomic E-state index is -0.307. The Bertz CT molecular complexity index is 1100. The molecule has 0 aliphatic carbocycles. The highest BCUT2D eigenvalue weighted by molar-refractivity contribution is 5.83. The third-order valence-electron chi connectivity index (χ3n) is 5.33. The van der Waals surface area contributed by atoms with Crippen LogP contribution in [0, 0.1) is 13.8 Å². The third kappa shape index (κ3) is 4.12. The fourth-order valence-corrected chi connectivity index (χ4v) is 3.71. The summed E-state index contributed by atoms with van der Waals surface area (Å²) in [5.41, 5.74) is 2.47. The van der Waals surface area contributed by atoms with Crippen LogP contribution in [-0.4, -0.2) is 69.8 Å². The molecule has 0 unspecified atom stereocenters. The van der Waals surface area contributed by atoms with Crippen molar-refractivity contribution in [2.75, 3.05) is 39.4 Å². The van der Waals surface area contributed by atoms with Gasteiger partial charge in [-0.25, -0.2) is 9.36 Å². The van der Waals surface area contributed by atoms with E-state index in [9.17, 15) is 9.59 Å². The van der Waals surface area contributed by atoms with Crippen molar-refractivity contribution < 1.29 is 9.53 Å². The molecule has 2 aromatic heterocycles. The summed E-state index contributed by atoms with van der Waals surface area (Å²) in [6.07, 6.45) is 0. The first kappa shape index (κ1) is 20.2. The van der Waals surface area contributed by atoms with E-state index < -0.39 is 0 Å². The lowest BCUT2D eigenvalue weighted by Gasteiger charge is -2.26. The Balaban J connectivity index is 1.52. The zero-order valence-electron chi connectivity index (χ0n) is 17.3. The molecular weight excluding hydrogens is 384 g/mol. The van der Waals surface area contributed by atoms with Gasteiger partial charge in [0.25, 0.3) is 5.56 Å². The largest absolute Gasteiger partial charge is 0.379 e. The van der Waals surface area contributed by atoms with Crippen molar-refractivity contribution in [3.05, 3.63) is 52.1 Å². The summed E-state index contributed by atoms with van der Waals surface area (Å²) in [5, 5.41) is 12.3. The molecule has 1 N–H and O–H groups in total. The number of hydrogen-bond acceptors (Lipinski definition) is 6. The van der Waals surface area contributed by atoms with E-state index in [0.29, 0.717) is 23.1 Å². The quantitative estimate of drug-likeness (QED) is 0.641. The number of benzene rings is 1. The van der Waals surface area contributed by atoms with Crippen LogP contribution in [0.5, 0.6) is 0 Å². The van der Waals surface area contributed by atoms with Gasteiger partial charge < -0.3 is 10.1 Å². The van der Waals surface area contributed by atoms with E-state index in [0.717, 1.165) is 44.2 Å². The Morgan fingerprint density at radius 2 is 1.87 bits per heavy atom. The van der Waals surface area contributed by atoms with Crippen LogP contribution in [0.25, 0.3) is 16.6 Å². The van der Waals surface area contributed by atoms with Crippen molar-refractivity contribution >= 4 is 16.8 Å². The van der Waals surface area contributed by atoms with Crippen molar-refractivity contribution in [2.24, 2.45) is 0 Å². The first-order chi connectivity index (χ1) is 14.5. The highest BCUT2D eigenvalue weighted by atomic mass is 16.5. The standard InChI is InChI=1S/C21H26N6O3/c1-15-20-19(16(2)27(24-20)17-6-4-3-5-7-17)21(29)26(23-15)14-18(28)22-8-9-25-10-12-30-13-11-25/h3-7H,8-14H2,1-2H3,(H,22,28). The van der Waals surface area contributed by atoms with Gasteiger partial charge in [-0.05, 0) is 26.0 Å². The van der Waals surface area contributed by atoms with Gasteiger partial charge in [-0.2, -0.15) is 10.2 Å². The van der Waals surface area contributed by atoms with Crippen LogP contribution in [0.3, 0.4) is 0 Å². The second-order valence-electron chi connectivity index (χ2n) is 7.41. The summed E-state index contributed by atoms with van der Waals surface area (Å²) in [5.74, 6) is -0.232. The molecule has 9 heteroatoms. The topological polar surface area (TPSA) is 94.3 Å². The fraction of sp³-hybridized carbons (Fsp3) is 0.429. The number of hydrogen-bond donors (Lipinski definition) is 1. The molecule has 1 fully saturated rings. The predicted octanol–water partition coefficient (Wildman–Crippen LogP) is 0.647. The summed E-state index contributed by atoms with van der Waals surface area (Å²) >= 11 is 0. The van der Waals surface area contributed by atoms with Crippen LogP contribution >= 0.6 is 0 Å². The first-order valence-electron chi connectivity index (χ1n) is 10.1. The lowest BCUT2D eigenvalue weighted by Crippen LogP contribution is -2.42. The molecule has 1 saturated heterocycles. The number of nitrogens with one attached hydrogen (secondary N) is 1. The molecule has 1 aromatic carbocycles. The number of ether oxygens (including phenoxy) is 1. The van der Waals surface area contributed by atoms with Gasteiger partial charge >= 0.3 is 0 Å². The number of aromatic nitrogens is 4. The molecule has 0 spiro atoms. The zero-order valence-corrected chi connectivity index (χ0v) is 17.3. The summed E-state index contributed by atoms with van der Waals surface area (Å²) < 4.78 is 8.29. The minimum Gasteiger partial charge on any atom is -0.379 e. The SMILES string of the molecule is Cc1nn(CC(=O)NCCN2CCOCC2)c(=O)c2c(C)n(-c3ccccc3)nc12.